The molecule has 0 aromatic heterocycles. The zero-order chi connectivity index (χ0) is 15.3. The van der Waals surface area contributed by atoms with Gasteiger partial charge in [-0.3, -0.25) is 4.79 Å². The predicted octanol–water partition coefficient (Wildman–Crippen LogP) is 2.05. The van der Waals surface area contributed by atoms with E-state index >= 15 is 0 Å². The first-order chi connectivity index (χ1) is 9.36. The number of rotatable bonds is 6. The Balaban J connectivity index is 2.84. The Labute approximate surface area is 123 Å². The summed E-state index contributed by atoms with van der Waals surface area (Å²) < 4.78 is 5.10. The maximum atomic E-state index is 12.8. The molecule has 1 fully saturated rings. The van der Waals surface area contributed by atoms with Gasteiger partial charge in [0.25, 0.3) is 0 Å². The minimum absolute atomic E-state index is 0.0362. The lowest BCUT2D eigenvalue weighted by molar-refractivity contribution is -0.143. The van der Waals surface area contributed by atoms with E-state index in [2.05, 4.69) is 27.4 Å². The molecule has 1 amide bonds. The van der Waals surface area contributed by atoms with Crippen LogP contribution in [-0.2, 0) is 9.53 Å². The third kappa shape index (κ3) is 3.61. The van der Waals surface area contributed by atoms with Gasteiger partial charge in [-0.2, -0.15) is 0 Å². The average Bonchev–Trinajstić information content (AvgIpc) is 2.40. The lowest BCUT2D eigenvalue weighted by atomic mass is 9.60. The van der Waals surface area contributed by atoms with E-state index in [9.17, 15) is 4.79 Å². The van der Waals surface area contributed by atoms with Crippen LogP contribution in [0.25, 0.3) is 0 Å². The molecule has 20 heavy (non-hydrogen) atoms. The van der Waals surface area contributed by atoms with Crippen molar-refractivity contribution in [1.29, 1.82) is 0 Å². The van der Waals surface area contributed by atoms with Crippen LogP contribution in [0.1, 0.15) is 33.6 Å². The second-order valence-corrected chi connectivity index (χ2v) is 6.47. The van der Waals surface area contributed by atoms with Gasteiger partial charge in [0.2, 0.25) is 5.91 Å². The highest BCUT2D eigenvalue weighted by molar-refractivity contribution is 5.80. The molecule has 2 N–H and O–H groups in total. The quantitative estimate of drug-likeness (QED) is 0.759. The van der Waals surface area contributed by atoms with Gasteiger partial charge in [-0.05, 0) is 24.2 Å². The Morgan fingerprint density at radius 1 is 1.50 bits per heavy atom. The van der Waals surface area contributed by atoms with Crippen molar-refractivity contribution >= 4 is 5.91 Å². The maximum absolute atomic E-state index is 12.8. The number of amides is 1. The minimum Gasteiger partial charge on any atom is -0.383 e. The molecule has 1 saturated carbocycles. The Morgan fingerprint density at radius 3 is 2.70 bits per heavy atom. The number of methoxy groups -OCH3 is 1. The first-order valence-electron chi connectivity index (χ1n) is 7.50. The standard InChI is InChI=1S/C16H30N2O2/c1-6-9-18(10-11-20-5)15(19)13-7-8-14(17)12(2)16(13,3)4/h6,12-14H,1,7-11,17H2,2-5H3. The van der Waals surface area contributed by atoms with Crippen LogP contribution in [0.2, 0.25) is 0 Å². The summed E-state index contributed by atoms with van der Waals surface area (Å²) in [6.45, 7) is 12.0. The first-order valence-corrected chi connectivity index (χ1v) is 7.50. The van der Waals surface area contributed by atoms with E-state index in [4.69, 9.17) is 10.5 Å². The van der Waals surface area contributed by atoms with Gasteiger partial charge in [-0.1, -0.05) is 26.8 Å². The largest absolute Gasteiger partial charge is 0.383 e. The van der Waals surface area contributed by atoms with Gasteiger partial charge in [0, 0.05) is 32.2 Å². The lowest BCUT2D eigenvalue weighted by Crippen LogP contribution is -2.52. The third-order valence-electron chi connectivity index (χ3n) is 5.03. The number of ether oxygens (including phenoxy) is 1. The molecule has 3 unspecified atom stereocenters. The number of nitrogens with zero attached hydrogens (tertiary/aromatic N) is 1. The number of hydrogen-bond donors (Lipinski definition) is 1. The Morgan fingerprint density at radius 2 is 2.15 bits per heavy atom. The van der Waals surface area contributed by atoms with E-state index in [1.54, 1.807) is 13.2 Å². The molecule has 0 saturated heterocycles. The summed E-state index contributed by atoms with van der Waals surface area (Å²) >= 11 is 0. The molecule has 0 aliphatic heterocycles. The molecule has 0 heterocycles. The fourth-order valence-electron chi connectivity index (χ4n) is 3.16. The number of carbonyl (C=O) groups excluding carboxylic acids is 1. The predicted molar refractivity (Wildman–Crippen MR) is 82.3 cm³/mol. The number of hydrogen-bond acceptors (Lipinski definition) is 3. The van der Waals surface area contributed by atoms with E-state index in [1.165, 1.54) is 0 Å². The molecule has 0 aromatic carbocycles. The minimum atomic E-state index is -0.0682. The van der Waals surface area contributed by atoms with Crippen LogP contribution in [0.15, 0.2) is 12.7 Å². The molecule has 3 atom stereocenters. The highest BCUT2D eigenvalue weighted by atomic mass is 16.5. The molecule has 1 rings (SSSR count). The van der Waals surface area contributed by atoms with E-state index < -0.39 is 0 Å². The Bertz CT molecular complexity index is 341. The third-order valence-corrected chi connectivity index (χ3v) is 5.03. The second kappa shape index (κ2) is 7.23. The van der Waals surface area contributed by atoms with Crippen molar-refractivity contribution in [2.24, 2.45) is 23.0 Å². The Hall–Kier alpha value is -0.870. The van der Waals surface area contributed by atoms with Crippen molar-refractivity contribution in [2.75, 3.05) is 26.8 Å². The summed E-state index contributed by atoms with van der Waals surface area (Å²) in [6.07, 6.45) is 3.57. The topological polar surface area (TPSA) is 55.6 Å². The molecule has 4 nitrogen and oxygen atoms in total. The number of carbonyl (C=O) groups is 1. The van der Waals surface area contributed by atoms with Crippen molar-refractivity contribution in [3.63, 3.8) is 0 Å². The SMILES string of the molecule is C=CCN(CCOC)C(=O)C1CCC(N)C(C)C1(C)C. The number of nitrogens with two attached hydrogens (primary N) is 1. The van der Waals surface area contributed by atoms with Crippen molar-refractivity contribution < 1.29 is 9.53 Å². The van der Waals surface area contributed by atoms with Crippen LogP contribution in [0.3, 0.4) is 0 Å². The average molecular weight is 282 g/mol. The second-order valence-electron chi connectivity index (χ2n) is 6.47. The molecule has 0 radical (unpaired) electrons. The van der Waals surface area contributed by atoms with Gasteiger partial charge in [0.05, 0.1) is 6.61 Å². The monoisotopic (exact) mass is 282 g/mol. The van der Waals surface area contributed by atoms with E-state index in [0.717, 1.165) is 12.8 Å². The van der Waals surface area contributed by atoms with Gasteiger partial charge in [0.15, 0.2) is 0 Å². The summed E-state index contributed by atoms with van der Waals surface area (Å²) in [7, 11) is 1.65. The molecule has 1 aliphatic carbocycles. The molecular formula is C16H30N2O2. The maximum Gasteiger partial charge on any atom is 0.226 e. The highest BCUT2D eigenvalue weighted by Gasteiger charge is 2.45. The molecule has 116 valence electrons. The van der Waals surface area contributed by atoms with E-state index in [0.29, 0.717) is 25.6 Å². The zero-order valence-corrected chi connectivity index (χ0v) is 13.4. The molecule has 0 aromatic rings. The van der Waals surface area contributed by atoms with Crippen LogP contribution in [-0.4, -0.2) is 43.7 Å². The van der Waals surface area contributed by atoms with Crippen molar-refractivity contribution in [1.82, 2.24) is 4.90 Å². The molecule has 1 aliphatic rings. The summed E-state index contributed by atoms with van der Waals surface area (Å²) in [5.41, 5.74) is 6.10. The normalized spacial score (nSPS) is 28.9. The van der Waals surface area contributed by atoms with Gasteiger partial charge in [-0.25, -0.2) is 0 Å². The highest BCUT2D eigenvalue weighted by Crippen LogP contribution is 2.45. The van der Waals surface area contributed by atoms with Gasteiger partial charge < -0.3 is 15.4 Å². The lowest BCUT2D eigenvalue weighted by Gasteiger charge is -2.47. The summed E-state index contributed by atoms with van der Waals surface area (Å²) in [5.74, 6) is 0.595. The van der Waals surface area contributed by atoms with Crippen LogP contribution >= 0.6 is 0 Å². The first kappa shape index (κ1) is 17.2. The fraction of sp³-hybridized carbons (Fsp3) is 0.812. The van der Waals surface area contributed by atoms with Gasteiger partial charge in [-0.15, -0.1) is 6.58 Å². The zero-order valence-electron chi connectivity index (χ0n) is 13.4. The summed E-state index contributed by atoms with van der Waals surface area (Å²) in [4.78, 5) is 14.7. The smallest absolute Gasteiger partial charge is 0.226 e. The summed E-state index contributed by atoms with van der Waals surface area (Å²) in [5, 5.41) is 0. The van der Waals surface area contributed by atoms with Crippen LogP contribution in [0, 0.1) is 17.3 Å². The molecule has 0 bridgehead atoms. The fourth-order valence-corrected chi connectivity index (χ4v) is 3.16. The van der Waals surface area contributed by atoms with E-state index in [1.807, 2.05) is 4.90 Å². The van der Waals surface area contributed by atoms with Crippen LogP contribution in [0.5, 0.6) is 0 Å². The van der Waals surface area contributed by atoms with Crippen LogP contribution in [0.4, 0.5) is 0 Å². The molecular weight excluding hydrogens is 252 g/mol. The Kier molecular flexibility index (Phi) is 6.21. The van der Waals surface area contributed by atoms with Crippen molar-refractivity contribution in [3.8, 4) is 0 Å². The summed E-state index contributed by atoms with van der Waals surface area (Å²) in [6, 6.07) is 0.195. The molecule has 4 heteroatoms. The van der Waals surface area contributed by atoms with Crippen molar-refractivity contribution in [3.05, 3.63) is 12.7 Å². The van der Waals surface area contributed by atoms with Gasteiger partial charge in [0.1, 0.15) is 0 Å². The van der Waals surface area contributed by atoms with Crippen molar-refractivity contribution in [2.45, 2.75) is 39.7 Å². The van der Waals surface area contributed by atoms with Gasteiger partial charge >= 0.3 is 0 Å². The molecule has 0 spiro atoms. The van der Waals surface area contributed by atoms with E-state index in [-0.39, 0.29) is 23.3 Å². The van der Waals surface area contributed by atoms with Crippen LogP contribution < -0.4 is 5.73 Å².